The Bertz CT molecular complexity index is 916. The number of fused-ring (bicyclic) bond motifs is 1. The molecule has 0 aliphatic carbocycles. The number of nitrogens with one attached hydrogen (secondary N) is 1. The normalized spacial score (nSPS) is 15.5. The smallest absolute Gasteiger partial charge is 0.335 e. The molecular weight excluding hydrogens is 336 g/mol. The average molecular weight is 354 g/mol. The zero-order chi connectivity index (χ0) is 17.2. The average Bonchev–Trinajstić information content (AvgIpc) is 3.10. The molecule has 1 fully saturated rings. The maximum absolute atomic E-state index is 11.6. The Morgan fingerprint density at radius 2 is 1.92 bits per heavy atom. The number of rotatable bonds is 4. The van der Waals surface area contributed by atoms with Crippen molar-refractivity contribution in [1.82, 2.24) is 9.29 Å². The van der Waals surface area contributed by atoms with Gasteiger partial charge in [-0.2, -0.15) is 0 Å². The van der Waals surface area contributed by atoms with E-state index < -0.39 is 5.97 Å². The molecule has 4 rings (SSSR count). The first kappa shape index (κ1) is 16.2. The minimum Gasteiger partial charge on any atom is -0.478 e. The predicted molar refractivity (Wildman–Crippen MR) is 98.9 cm³/mol. The summed E-state index contributed by atoms with van der Waals surface area (Å²) in [6, 6.07) is 13.7. The minimum absolute atomic E-state index is 0.308. The molecule has 2 heterocycles. The standard InChI is InChI=1S/C19H18N2O3S/c22-19(23)16-10-15(13-1-2-18-14(9-13)3-4-20-18)11-17(12-16)25-21-5-7-24-8-6-21/h1-4,9-12,20H,5-8H2,(H,22,23). The van der Waals surface area contributed by atoms with Crippen molar-refractivity contribution in [3.63, 3.8) is 0 Å². The lowest BCUT2D eigenvalue weighted by molar-refractivity contribution is 0.0696. The van der Waals surface area contributed by atoms with Gasteiger partial charge in [0, 0.05) is 29.7 Å². The third-order valence-electron chi connectivity index (χ3n) is 4.24. The zero-order valence-electron chi connectivity index (χ0n) is 13.6. The Kier molecular flexibility index (Phi) is 4.48. The molecule has 0 unspecified atom stereocenters. The predicted octanol–water partition coefficient (Wildman–Crippen LogP) is 3.87. The van der Waals surface area contributed by atoms with Crippen molar-refractivity contribution in [2.75, 3.05) is 26.3 Å². The molecule has 1 aliphatic rings. The van der Waals surface area contributed by atoms with Gasteiger partial charge in [0.05, 0.1) is 18.8 Å². The number of carboxylic acid groups (broad SMARTS) is 1. The second-order valence-electron chi connectivity index (χ2n) is 5.96. The molecule has 6 heteroatoms. The summed E-state index contributed by atoms with van der Waals surface area (Å²) >= 11 is 1.59. The molecule has 2 N–H and O–H groups in total. The van der Waals surface area contributed by atoms with Crippen LogP contribution in [-0.4, -0.2) is 46.7 Å². The van der Waals surface area contributed by atoms with Crippen LogP contribution in [0.25, 0.3) is 22.0 Å². The van der Waals surface area contributed by atoms with Crippen molar-refractivity contribution in [2.45, 2.75) is 4.90 Å². The van der Waals surface area contributed by atoms with Gasteiger partial charge in [-0.15, -0.1) is 0 Å². The van der Waals surface area contributed by atoms with E-state index in [1.807, 2.05) is 24.4 Å². The number of H-pyrrole nitrogens is 1. The Labute approximate surface area is 149 Å². The number of morpholine rings is 1. The number of aromatic amines is 1. The van der Waals surface area contributed by atoms with Gasteiger partial charge >= 0.3 is 5.97 Å². The van der Waals surface area contributed by atoms with Crippen molar-refractivity contribution in [1.29, 1.82) is 0 Å². The van der Waals surface area contributed by atoms with Gasteiger partial charge in [0.15, 0.2) is 0 Å². The van der Waals surface area contributed by atoms with Crippen molar-refractivity contribution in [3.05, 3.63) is 54.2 Å². The molecule has 1 saturated heterocycles. The number of nitrogens with zero attached hydrogens (tertiary/aromatic N) is 1. The van der Waals surface area contributed by atoms with Gasteiger partial charge in [-0.3, -0.25) is 0 Å². The number of carbonyl (C=O) groups is 1. The van der Waals surface area contributed by atoms with E-state index in [1.54, 1.807) is 24.1 Å². The minimum atomic E-state index is -0.909. The maximum atomic E-state index is 11.6. The van der Waals surface area contributed by atoms with Gasteiger partial charge in [0.2, 0.25) is 0 Å². The highest BCUT2D eigenvalue weighted by molar-refractivity contribution is 7.97. The van der Waals surface area contributed by atoms with E-state index in [2.05, 4.69) is 21.4 Å². The summed E-state index contributed by atoms with van der Waals surface area (Å²) in [5.74, 6) is -0.909. The van der Waals surface area contributed by atoms with Crippen LogP contribution in [-0.2, 0) is 4.74 Å². The van der Waals surface area contributed by atoms with Crippen LogP contribution in [0.2, 0.25) is 0 Å². The van der Waals surface area contributed by atoms with Crippen LogP contribution in [0.5, 0.6) is 0 Å². The number of benzene rings is 2. The Balaban J connectivity index is 1.71. The fourth-order valence-electron chi connectivity index (χ4n) is 2.96. The van der Waals surface area contributed by atoms with E-state index in [0.29, 0.717) is 18.8 Å². The zero-order valence-corrected chi connectivity index (χ0v) is 14.4. The summed E-state index contributed by atoms with van der Waals surface area (Å²) < 4.78 is 7.59. The molecule has 0 radical (unpaired) electrons. The molecule has 0 saturated carbocycles. The van der Waals surface area contributed by atoms with Crippen LogP contribution in [0.3, 0.4) is 0 Å². The van der Waals surface area contributed by atoms with Crippen molar-refractivity contribution in [3.8, 4) is 11.1 Å². The second kappa shape index (κ2) is 6.92. The van der Waals surface area contributed by atoms with Gasteiger partial charge < -0.3 is 14.8 Å². The third-order valence-corrected chi connectivity index (χ3v) is 5.31. The van der Waals surface area contributed by atoms with Crippen molar-refractivity contribution in [2.24, 2.45) is 0 Å². The number of ether oxygens (including phenoxy) is 1. The Morgan fingerprint density at radius 3 is 2.72 bits per heavy atom. The van der Waals surface area contributed by atoms with Gasteiger partial charge in [0.25, 0.3) is 0 Å². The highest BCUT2D eigenvalue weighted by Gasteiger charge is 2.15. The topological polar surface area (TPSA) is 65.6 Å². The molecule has 128 valence electrons. The summed E-state index contributed by atoms with van der Waals surface area (Å²) in [6.45, 7) is 3.10. The number of aromatic nitrogens is 1. The molecule has 0 bridgehead atoms. The lowest BCUT2D eigenvalue weighted by atomic mass is 10.0. The van der Waals surface area contributed by atoms with E-state index in [0.717, 1.165) is 40.0 Å². The van der Waals surface area contributed by atoms with E-state index >= 15 is 0 Å². The van der Waals surface area contributed by atoms with Gasteiger partial charge in [-0.1, -0.05) is 6.07 Å². The molecule has 2 aromatic carbocycles. The molecule has 0 amide bonds. The highest BCUT2D eigenvalue weighted by atomic mass is 32.2. The fourth-order valence-corrected chi connectivity index (χ4v) is 3.95. The lowest BCUT2D eigenvalue weighted by Gasteiger charge is -2.25. The summed E-state index contributed by atoms with van der Waals surface area (Å²) in [6.07, 6.45) is 1.90. The molecule has 0 atom stereocenters. The molecule has 0 spiro atoms. The molecule has 1 aliphatic heterocycles. The fraction of sp³-hybridized carbons (Fsp3) is 0.211. The van der Waals surface area contributed by atoms with Crippen LogP contribution in [0.1, 0.15) is 10.4 Å². The van der Waals surface area contributed by atoms with E-state index in [4.69, 9.17) is 4.74 Å². The second-order valence-corrected chi connectivity index (χ2v) is 7.13. The number of carboxylic acids is 1. The van der Waals surface area contributed by atoms with Gasteiger partial charge in [0.1, 0.15) is 0 Å². The van der Waals surface area contributed by atoms with Crippen molar-refractivity contribution < 1.29 is 14.6 Å². The van der Waals surface area contributed by atoms with Crippen LogP contribution in [0.4, 0.5) is 0 Å². The van der Waals surface area contributed by atoms with Crippen LogP contribution < -0.4 is 0 Å². The molecule has 5 nitrogen and oxygen atoms in total. The Hall–Kier alpha value is -2.28. The summed E-state index contributed by atoms with van der Waals surface area (Å²) in [5.41, 5.74) is 3.31. The summed E-state index contributed by atoms with van der Waals surface area (Å²) in [4.78, 5) is 15.7. The van der Waals surface area contributed by atoms with E-state index in [1.165, 1.54) is 0 Å². The molecule has 25 heavy (non-hydrogen) atoms. The third kappa shape index (κ3) is 3.56. The monoisotopic (exact) mass is 354 g/mol. The maximum Gasteiger partial charge on any atom is 0.335 e. The quantitative estimate of drug-likeness (QED) is 0.696. The van der Waals surface area contributed by atoms with E-state index in [9.17, 15) is 9.90 Å². The molecule has 3 aromatic rings. The highest BCUT2D eigenvalue weighted by Crippen LogP contribution is 2.31. The van der Waals surface area contributed by atoms with Gasteiger partial charge in [-0.05, 0) is 64.9 Å². The summed E-state index contributed by atoms with van der Waals surface area (Å²) in [5, 5.41) is 10.6. The Morgan fingerprint density at radius 1 is 1.08 bits per heavy atom. The molecule has 1 aromatic heterocycles. The van der Waals surface area contributed by atoms with E-state index in [-0.39, 0.29) is 0 Å². The molecular formula is C19H18N2O3S. The first-order valence-electron chi connectivity index (χ1n) is 8.16. The van der Waals surface area contributed by atoms with Gasteiger partial charge in [-0.25, -0.2) is 9.10 Å². The number of aromatic carboxylic acids is 1. The largest absolute Gasteiger partial charge is 0.478 e. The number of hydrogen-bond donors (Lipinski definition) is 2. The van der Waals surface area contributed by atoms with Crippen LogP contribution in [0.15, 0.2) is 53.6 Å². The number of hydrogen-bond acceptors (Lipinski definition) is 4. The summed E-state index contributed by atoms with van der Waals surface area (Å²) in [7, 11) is 0. The van der Waals surface area contributed by atoms with Crippen LogP contribution in [0, 0.1) is 0 Å². The first-order chi connectivity index (χ1) is 12.2. The van der Waals surface area contributed by atoms with Crippen LogP contribution >= 0.6 is 11.9 Å². The first-order valence-corrected chi connectivity index (χ1v) is 8.93. The lowest BCUT2D eigenvalue weighted by Crippen LogP contribution is -2.30. The van der Waals surface area contributed by atoms with Crippen molar-refractivity contribution >= 4 is 28.8 Å². The SMILES string of the molecule is O=C(O)c1cc(SN2CCOCC2)cc(-c2ccc3[nH]ccc3c2)c1.